The van der Waals surface area contributed by atoms with Crippen molar-refractivity contribution in [2.24, 2.45) is 5.92 Å². The molecule has 0 aliphatic rings. The van der Waals surface area contributed by atoms with Crippen LogP contribution in [0.2, 0.25) is 0 Å². The van der Waals surface area contributed by atoms with Gasteiger partial charge in [0, 0.05) is 18.7 Å². The third kappa shape index (κ3) is 7.02. The number of rotatable bonds is 10. The minimum absolute atomic E-state index is 0.0438. The highest BCUT2D eigenvalue weighted by Crippen LogP contribution is 2.14. The Hall–Kier alpha value is -3.94. The van der Waals surface area contributed by atoms with Crippen LogP contribution in [0.5, 0.6) is 0 Å². The Morgan fingerprint density at radius 1 is 0.914 bits per heavy atom. The van der Waals surface area contributed by atoms with E-state index in [1.165, 1.54) is 6.20 Å². The van der Waals surface area contributed by atoms with Gasteiger partial charge in [0.2, 0.25) is 5.91 Å². The molecule has 3 aromatic rings. The minimum Gasteiger partial charge on any atom is -0.354 e. The van der Waals surface area contributed by atoms with Gasteiger partial charge in [-0.2, -0.15) is 5.10 Å². The molecule has 0 aliphatic heterocycles. The van der Waals surface area contributed by atoms with E-state index in [0.29, 0.717) is 29.3 Å². The van der Waals surface area contributed by atoms with Crippen molar-refractivity contribution < 1.29 is 14.4 Å². The standard InChI is InChI=1S/C27H33N5O3/c1-18(2)14-15-28-27(35)24(17-29-25(33)21-12-10-19(3)11-13-21)31-26(34)23-16-30-32(20(23)4)22-8-6-5-7-9-22/h5-13,16,18,24H,14-15,17H2,1-4H3,(H,28,35)(H,29,33)(H,31,34)/t24-/m0/s1. The number of nitrogens with zero attached hydrogens (tertiary/aromatic N) is 2. The molecule has 1 aromatic heterocycles. The molecule has 0 bridgehead atoms. The van der Waals surface area contributed by atoms with Gasteiger partial charge >= 0.3 is 0 Å². The van der Waals surface area contributed by atoms with Crippen molar-refractivity contribution in [2.45, 2.75) is 40.2 Å². The van der Waals surface area contributed by atoms with Crippen molar-refractivity contribution in [1.29, 1.82) is 0 Å². The molecular weight excluding hydrogens is 442 g/mol. The molecule has 1 heterocycles. The summed E-state index contributed by atoms with van der Waals surface area (Å²) in [6.07, 6.45) is 2.29. The van der Waals surface area contributed by atoms with E-state index in [2.05, 4.69) is 34.9 Å². The van der Waals surface area contributed by atoms with Crippen LogP contribution in [-0.4, -0.2) is 46.6 Å². The molecule has 3 rings (SSSR count). The van der Waals surface area contributed by atoms with Crippen LogP contribution >= 0.6 is 0 Å². The van der Waals surface area contributed by atoms with Crippen LogP contribution in [0.3, 0.4) is 0 Å². The zero-order valence-electron chi connectivity index (χ0n) is 20.7. The first-order chi connectivity index (χ1) is 16.8. The minimum atomic E-state index is -0.941. The normalized spacial score (nSPS) is 11.7. The Bertz CT molecular complexity index is 1150. The van der Waals surface area contributed by atoms with E-state index >= 15 is 0 Å². The van der Waals surface area contributed by atoms with Crippen molar-refractivity contribution in [2.75, 3.05) is 13.1 Å². The Morgan fingerprint density at radius 2 is 1.60 bits per heavy atom. The number of benzene rings is 2. The lowest BCUT2D eigenvalue weighted by Gasteiger charge is -2.19. The third-order valence-corrected chi connectivity index (χ3v) is 5.68. The maximum absolute atomic E-state index is 13.1. The van der Waals surface area contributed by atoms with Crippen LogP contribution in [0, 0.1) is 19.8 Å². The van der Waals surface area contributed by atoms with Crippen molar-refractivity contribution in [3.8, 4) is 5.69 Å². The fraction of sp³-hybridized carbons (Fsp3) is 0.333. The first-order valence-electron chi connectivity index (χ1n) is 11.8. The smallest absolute Gasteiger partial charge is 0.255 e. The molecule has 0 saturated carbocycles. The molecular formula is C27H33N5O3. The van der Waals surface area contributed by atoms with Crippen molar-refractivity contribution in [3.63, 3.8) is 0 Å². The summed E-state index contributed by atoms with van der Waals surface area (Å²) >= 11 is 0. The summed E-state index contributed by atoms with van der Waals surface area (Å²) in [5.41, 5.74) is 3.37. The second kappa shape index (κ2) is 12.0. The quantitative estimate of drug-likeness (QED) is 0.419. The average molecular weight is 476 g/mol. The Balaban J connectivity index is 1.72. The zero-order valence-corrected chi connectivity index (χ0v) is 20.7. The highest BCUT2D eigenvalue weighted by Gasteiger charge is 2.24. The monoisotopic (exact) mass is 475 g/mol. The van der Waals surface area contributed by atoms with Crippen LogP contribution in [0.25, 0.3) is 5.69 Å². The molecule has 8 nitrogen and oxygen atoms in total. The maximum Gasteiger partial charge on any atom is 0.255 e. The van der Waals surface area contributed by atoms with Gasteiger partial charge in [-0.25, -0.2) is 4.68 Å². The molecule has 1 atom stereocenters. The second-order valence-corrected chi connectivity index (χ2v) is 8.97. The fourth-order valence-electron chi connectivity index (χ4n) is 3.52. The van der Waals surface area contributed by atoms with Crippen molar-refractivity contribution in [1.82, 2.24) is 25.7 Å². The van der Waals surface area contributed by atoms with Crippen LogP contribution in [0.1, 0.15) is 52.2 Å². The molecule has 2 aromatic carbocycles. The van der Waals surface area contributed by atoms with Gasteiger partial charge in [-0.3, -0.25) is 14.4 Å². The lowest BCUT2D eigenvalue weighted by atomic mass is 10.1. The molecule has 184 valence electrons. The number of aryl methyl sites for hydroxylation is 1. The van der Waals surface area contributed by atoms with Crippen molar-refractivity contribution >= 4 is 17.7 Å². The number of para-hydroxylation sites is 1. The lowest BCUT2D eigenvalue weighted by Crippen LogP contribution is -2.53. The molecule has 0 radical (unpaired) electrons. The summed E-state index contributed by atoms with van der Waals surface area (Å²) in [6, 6.07) is 15.7. The average Bonchev–Trinajstić information content (AvgIpc) is 3.23. The number of carbonyl (C=O) groups excluding carboxylic acids is 3. The number of amides is 3. The summed E-state index contributed by atoms with van der Waals surface area (Å²) in [6.45, 7) is 8.32. The van der Waals surface area contributed by atoms with E-state index in [-0.39, 0.29) is 18.4 Å². The molecule has 0 fully saturated rings. The second-order valence-electron chi connectivity index (χ2n) is 8.97. The highest BCUT2D eigenvalue weighted by atomic mass is 16.2. The van der Waals surface area contributed by atoms with Gasteiger partial charge in [0.25, 0.3) is 11.8 Å². The fourth-order valence-corrected chi connectivity index (χ4v) is 3.52. The Morgan fingerprint density at radius 3 is 2.26 bits per heavy atom. The van der Waals surface area contributed by atoms with Crippen LogP contribution in [0.15, 0.2) is 60.8 Å². The molecule has 0 unspecified atom stereocenters. The number of hydrogen-bond acceptors (Lipinski definition) is 4. The summed E-state index contributed by atoms with van der Waals surface area (Å²) in [5, 5.41) is 12.7. The van der Waals surface area contributed by atoms with E-state index < -0.39 is 11.9 Å². The summed E-state index contributed by atoms with van der Waals surface area (Å²) in [5.74, 6) is -0.669. The Labute approximate surface area is 206 Å². The Kier molecular flexibility index (Phi) is 8.78. The van der Waals surface area contributed by atoms with E-state index in [9.17, 15) is 14.4 Å². The van der Waals surface area contributed by atoms with Gasteiger partial charge in [0.15, 0.2) is 0 Å². The van der Waals surface area contributed by atoms with Gasteiger partial charge in [-0.05, 0) is 50.5 Å². The largest absolute Gasteiger partial charge is 0.354 e. The molecule has 8 heteroatoms. The van der Waals surface area contributed by atoms with Gasteiger partial charge in [0.1, 0.15) is 6.04 Å². The van der Waals surface area contributed by atoms with Gasteiger partial charge in [-0.1, -0.05) is 49.7 Å². The number of carbonyl (C=O) groups is 3. The topological polar surface area (TPSA) is 105 Å². The van der Waals surface area contributed by atoms with E-state index in [4.69, 9.17) is 0 Å². The van der Waals surface area contributed by atoms with Gasteiger partial charge in [-0.15, -0.1) is 0 Å². The van der Waals surface area contributed by atoms with E-state index in [1.54, 1.807) is 23.7 Å². The summed E-state index contributed by atoms with van der Waals surface area (Å²) < 4.78 is 1.67. The third-order valence-electron chi connectivity index (χ3n) is 5.68. The zero-order chi connectivity index (χ0) is 25.4. The molecule has 35 heavy (non-hydrogen) atoms. The first kappa shape index (κ1) is 25.7. The highest BCUT2D eigenvalue weighted by molar-refractivity contribution is 5.99. The van der Waals surface area contributed by atoms with Crippen LogP contribution < -0.4 is 16.0 Å². The molecule has 0 spiro atoms. The predicted molar refractivity (Wildman–Crippen MR) is 136 cm³/mol. The van der Waals surface area contributed by atoms with Crippen LogP contribution in [0.4, 0.5) is 0 Å². The summed E-state index contributed by atoms with van der Waals surface area (Å²) in [7, 11) is 0. The number of nitrogens with one attached hydrogen (secondary N) is 3. The summed E-state index contributed by atoms with van der Waals surface area (Å²) in [4.78, 5) is 38.6. The molecule has 3 amide bonds. The molecule has 0 saturated heterocycles. The van der Waals surface area contributed by atoms with Crippen LogP contribution in [-0.2, 0) is 4.79 Å². The molecule has 3 N–H and O–H groups in total. The maximum atomic E-state index is 13.1. The molecule has 0 aliphatic carbocycles. The predicted octanol–water partition coefficient (Wildman–Crippen LogP) is 3.18. The number of hydrogen-bond donors (Lipinski definition) is 3. The van der Waals surface area contributed by atoms with E-state index in [1.807, 2.05) is 49.4 Å². The van der Waals surface area contributed by atoms with Gasteiger partial charge in [0.05, 0.1) is 23.1 Å². The number of aromatic nitrogens is 2. The van der Waals surface area contributed by atoms with Gasteiger partial charge < -0.3 is 16.0 Å². The van der Waals surface area contributed by atoms with Crippen molar-refractivity contribution in [3.05, 3.63) is 83.2 Å². The SMILES string of the molecule is Cc1ccc(C(=O)NC[C@H](NC(=O)c2cnn(-c3ccccc3)c2C)C(=O)NCCC(C)C)cc1. The lowest BCUT2D eigenvalue weighted by molar-refractivity contribution is -0.122. The van der Waals surface area contributed by atoms with E-state index in [0.717, 1.165) is 17.7 Å². The first-order valence-corrected chi connectivity index (χ1v) is 11.8.